The molecule has 1 rings (SSSR count). The molecule has 1 aromatic heterocycles. The second kappa shape index (κ2) is 6.12. The molecule has 0 bridgehead atoms. The van der Waals surface area contributed by atoms with Crippen LogP contribution in [0.25, 0.3) is 0 Å². The standard InChI is InChI=1S/C10H19N3OS/c1-5-7(2)9(11-4)6-15-10-13-12-8(3)14-10/h7,9,11H,5-6H2,1-4H3. The number of hydrogen-bond acceptors (Lipinski definition) is 5. The molecule has 0 aliphatic carbocycles. The van der Waals surface area contributed by atoms with Crippen LogP contribution >= 0.6 is 11.8 Å². The van der Waals surface area contributed by atoms with Gasteiger partial charge in [0.05, 0.1) is 0 Å². The Balaban J connectivity index is 2.40. The highest BCUT2D eigenvalue weighted by atomic mass is 32.2. The summed E-state index contributed by atoms with van der Waals surface area (Å²) in [6.45, 7) is 6.26. The van der Waals surface area contributed by atoms with Crippen LogP contribution in [0.15, 0.2) is 9.64 Å². The number of thioether (sulfide) groups is 1. The van der Waals surface area contributed by atoms with Crippen molar-refractivity contribution in [1.29, 1.82) is 0 Å². The maximum absolute atomic E-state index is 5.30. The Hall–Kier alpha value is -0.550. The van der Waals surface area contributed by atoms with Crippen molar-refractivity contribution in [2.24, 2.45) is 5.92 Å². The lowest BCUT2D eigenvalue weighted by Gasteiger charge is -2.20. The molecule has 86 valence electrons. The second-order valence-electron chi connectivity index (χ2n) is 3.68. The average molecular weight is 229 g/mol. The predicted octanol–water partition coefficient (Wildman–Crippen LogP) is 2.10. The van der Waals surface area contributed by atoms with Crippen molar-refractivity contribution in [3.8, 4) is 0 Å². The second-order valence-corrected chi connectivity index (χ2v) is 4.65. The van der Waals surface area contributed by atoms with Gasteiger partial charge in [-0.05, 0) is 13.0 Å². The number of nitrogens with zero attached hydrogens (tertiary/aromatic N) is 2. The highest BCUT2D eigenvalue weighted by molar-refractivity contribution is 7.99. The van der Waals surface area contributed by atoms with Gasteiger partial charge in [-0.25, -0.2) is 0 Å². The topological polar surface area (TPSA) is 51.0 Å². The highest BCUT2D eigenvalue weighted by Gasteiger charge is 2.15. The molecule has 0 aliphatic rings. The zero-order chi connectivity index (χ0) is 11.3. The lowest BCUT2D eigenvalue weighted by molar-refractivity contribution is 0.412. The van der Waals surface area contributed by atoms with Crippen LogP contribution in [0, 0.1) is 12.8 Å². The molecule has 1 heterocycles. The van der Waals surface area contributed by atoms with Crippen LogP contribution in [0.2, 0.25) is 0 Å². The van der Waals surface area contributed by atoms with E-state index in [1.54, 1.807) is 18.7 Å². The van der Waals surface area contributed by atoms with Crippen LogP contribution in [-0.4, -0.2) is 29.0 Å². The molecule has 0 amide bonds. The predicted molar refractivity (Wildman–Crippen MR) is 62.1 cm³/mol. The normalized spacial score (nSPS) is 15.2. The molecule has 2 atom stereocenters. The molecule has 2 unspecified atom stereocenters. The molecule has 0 radical (unpaired) electrons. The van der Waals surface area contributed by atoms with E-state index >= 15 is 0 Å². The molecule has 15 heavy (non-hydrogen) atoms. The lowest BCUT2D eigenvalue weighted by Crippen LogP contribution is -2.34. The summed E-state index contributed by atoms with van der Waals surface area (Å²) in [4.78, 5) is 0. The Labute approximate surface area is 95.2 Å². The molecule has 0 aliphatic heterocycles. The van der Waals surface area contributed by atoms with E-state index in [2.05, 4.69) is 29.4 Å². The third kappa shape index (κ3) is 3.83. The molecule has 1 aromatic rings. The maximum Gasteiger partial charge on any atom is 0.276 e. The number of aromatic nitrogens is 2. The van der Waals surface area contributed by atoms with E-state index in [1.165, 1.54) is 6.42 Å². The van der Waals surface area contributed by atoms with Gasteiger partial charge < -0.3 is 9.73 Å². The fourth-order valence-electron chi connectivity index (χ4n) is 1.31. The summed E-state index contributed by atoms with van der Waals surface area (Å²) >= 11 is 1.61. The molecule has 0 fully saturated rings. The van der Waals surface area contributed by atoms with Crippen LogP contribution in [-0.2, 0) is 0 Å². The van der Waals surface area contributed by atoms with E-state index in [0.29, 0.717) is 23.1 Å². The fraction of sp³-hybridized carbons (Fsp3) is 0.800. The first kappa shape index (κ1) is 12.5. The van der Waals surface area contributed by atoms with Gasteiger partial charge in [-0.1, -0.05) is 32.0 Å². The highest BCUT2D eigenvalue weighted by Crippen LogP contribution is 2.20. The Kier molecular flexibility index (Phi) is 5.11. The van der Waals surface area contributed by atoms with E-state index in [4.69, 9.17) is 4.42 Å². The van der Waals surface area contributed by atoms with E-state index in [1.807, 2.05) is 7.05 Å². The average Bonchev–Trinajstić information content (AvgIpc) is 2.64. The van der Waals surface area contributed by atoms with Gasteiger partial charge in [-0.3, -0.25) is 0 Å². The van der Waals surface area contributed by atoms with Gasteiger partial charge in [0, 0.05) is 18.7 Å². The van der Waals surface area contributed by atoms with Crippen molar-refractivity contribution in [3.05, 3.63) is 5.89 Å². The summed E-state index contributed by atoms with van der Waals surface area (Å²) in [6.07, 6.45) is 1.18. The van der Waals surface area contributed by atoms with Crippen LogP contribution in [0.3, 0.4) is 0 Å². The molecule has 4 nitrogen and oxygen atoms in total. The van der Waals surface area contributed by atoms with Gasteiger partial charge in [-0.2, -0.15) is 0 Å². The van der Waals surface area contributed by atoms with Crippen LogP contribution in [0.5, 0.6) is 0 Å². The lowest BCUT2D eigenvalue weighted by atomic mass is 10.0. The monoisotopic (exact) mass is 229 g/mol. The summed E-state index contributed by atoms with van der Waals surface area (Å²) in [7, 11) is 2.00. The molecule has 0 spiro atoms. The molecular weight excluding hydrogens is 210 g/mol. The molecule has 5 heteroatoms. The van der Waals surface area contributed by atoms with Gasteiger partial charge in [0.1, 0.15) is 0 Å². The van der Waals surface area contributed by atoms with Crippen molar-refractivity contribution in [1.82, 2.24) is 15.5 Å². The van der Waals surface area contributed by atoms with Gasteiger partial charge in [0.25, 0.3) is 5.22 Å². The van der Waals surface area contributed by atoms with E-state index in [-0.39, 0.29) is 0 Å². The van der Waals surface area contributed by atoms with Crippen molar-refractivity contribution < 1.29 is 4.42 Å². The van der Waals surface area contributed by atoms with Crippen molar-refractivity contribution in [2.45, 2.75) is 38.5 Å². The summed E-state index contributed by atoms with van der Waals surface area (Å²) in [5.74, 6) is 2.25. The van der Waals surface area contributed by atoms with E-state index in [0.717, 1.165) is 5.75 Å². The molecule has 0 saturated heterocycles. The smallest absolute Gasteiger partial charge is 0.276 e. The maximum atomic E-state index is 5.30. The Morgan fingerprint density at radius 3 is 2.67 bits per heavy atom. The minimum absolute atomic E-state index is 0.493. The van der Waals surface area contributed by atoms with Crippen molar-refractivity contribution >= 4 is 11.8 Å². The Morgan fingerprint density at radius 2 is 2.20 bits per heavy atom. The number of rotatable bonds is 6. The number of aryl methyl sites for hydroxylation is 1. The van der Waals surface area contributed by atoms with Crippen LogP contribution < -0.4 is 5.32 Å². The van der Waals surface area contributed by atoms with Gasteiger partial charge >= 0.3 is 0 Å². The number of nitrogens with one attached hydrogen (secondary N) is 1. The van der Waals surface area contributed by atoms with Crippen LogP contribution in [0.4, 0.5) is 0 Å². The fourth-order valence-corrected chi connectivity index (χ4v) is 2.41. The quantitative estimate of drug-likeness (QED) is 0.757. The molecule has 0 aromatic carbocycles. The van der Waals surface area contributed by atoms with Crippen molar-refractivity contribution in [2.75, 3.05) is 12.8 Å². The SMILES string of the molecule is CCC(C)C(CSc1nnc(C)o1)NC. The first-order valence-corrected chi connectivity index (χ1v) is 6.26. The van der Waals surface area contributed by atoms with Gasteiger partial charge in [0.15, 0.2) is 0 Å². The zero-order valence-corrected chi connectivity index (χ0v) is 10.6. The summed E-state index contributed by atoms with van der Waals surface area (Å²) in [5.41, 5.74) is 0. The number of hydrogen-bond donors (Lipinski definition) is 1. The van der Waals surface area contributed by atoms with Crippen LogP contribution in [0.1, 0.15) is 26.2 Å². The molecule has 1 N–H and O–H groups in total. The zero-order valence-electron chi connectivity index (χ0n) is 9.78. The van der Waals surface area contributed by atoms with E-state index in [9.17, 15) is 0 Å². The Morgan fingerprint density at radius 1 is 1.47 bits per heavy atom. The van der Waals surface area contributed by atoms with E-state index < -0.39 is 0 Å². The third-order valence-electron chi connectivity index (χ3n) is 2.60. The Bertz CT molecular complexity index is 290. The van der Waals surface area contributed by atoms with Gasteiger partial charge in [-0.15, -0.1) is 10.2 Å². The first-order valence-electron chi connectivity index (χ1n) is 5.27. The summed E-state index contributed by atoms with van der Waals surface area (Å²) in [6, 6.07) is 0.493. The third-order valence-corrected chi connectivity index (χ3v) is 3.53. The molecule has 0 saturated carbocycles. The largest absolute Gasteiger partial charge is 0.416 e. The van der Waals surface area contributed by atoms with Gasteiger partial charge in [0.2, 0.25) is 5.89 Å². The summed E-state index contributed by atoms with van der Waals surface area (Å²) < 4.78 is 5.30. The minimum Gasteiger partial charge on any atom is -0.416 e. The first-order chi connectivity index (χ1) is 7.17. The van der Waals surface area contributed by atoms with Crippen molar-refractivity contribution in [3.63, 3.8) is 0 Å². The molecular formula is C10H19N3OS. The minimum atomic E-state index is 0.493. The summed E-state index contributed by atoms with van der Waals surface area (Å²) in [5, 5.41) is 11.7.